The Morgan fingerprint density at radius 2 is 1.46 bits per heavy atom. The van der Waals surface area contributed by atoms with Gasteiger partial charge < -0.3 is 4.74 Å². The number of fused-ring (bicyclic) bond motifs is 7. The fraction of sp³-hybridized carbons (Fsp3) is 0.120. The summed E-state index contributed by atoms with van der Waals surface area (Å²) in [5.74, 6) is -0.299. The van der Waals surface area contributed by atoms with Crippen LogP contribution in [0.5, 0.6) is 0 Å². The second kappa shape index (κ2) is 6.31. The third kappa shape index (κ3) is 2.36. The number of carbonyl (C=O) groups excluding carboxylic acids is 1. The molecular weight excluding hydrogens is 346 g/mol. The van der Waals surface area contributed by atoms with Crippen molar-refractivity contribution in [1.29, 1.82) is 0 Å². The summed E-state index contributed by atoms with van der Waals surface area (Å²) in [6.07, 6.45) is 1.96. The first-order valence-corrected chi connectivity index (χ1v) is 9.54. The van der Waals surface area contributed by atoms with Crippen LogP contribution < -0.4 is 4.40 Å². The predicted octanol–water partition coefficient (Wildman–Crippen LogP) is 5.37. The topological polar surface area (TPSA) is 30.4 Å². The molecule has 136 valence electrons. The number of aromatic nitrogens is 1. The number of nitrogens with zero attached hydrogens (tertiary/aromatic N) is 1. The highest BCUT2D eigenvalue weighted by Gasteiger charge is 2.27. The van der Waals surface area contributed by atoms with E-state index in [2.05, 4.69) is 49.4 Å². The molecule has 0 aliphatic heterocycles. The molecule has 0 N–H and O–H groups in total. The molecule has 0 atom stereocenters. The average Bonchev–Trinajstić information content (AvgIpc) is 2.72. The molecule has 0 radical (unpaired) electrons. The summed E-state index contributed by atoms with van der Waals surface area (Å²) in [6.45, 7) is 4.24. The van der Waals surface area contributed by atoms with Crippen molar-refractivity contribution in [1.82, 2.24) is 0 Å². The Morgan fingerprint density at radius 1 is 0.857 bits per heavy atom. The standard InChI is InChI=1S/C25H20NO2/c1-3-28-25(27)24-23-21-11-7-6-9-19(21)18-8-4-5-10-20(18)22(23)15-17-14-16(2)12-13-26(17)24/h4-15H,3H2,1-2H3/q+1. The van der Waals surface area contributed by atoms with E-state index in [0.29, 0.717) is 12.3 Å². The van der Waals surface area contributed by atoms with Crippen molar-refractivity contribution >= 4 is 43.8 Å². The molecule has 0 fully saturated rings. The van der Waals surface area contributed by atoms with E-state index in [4.69, 9.17) is 4.74 Å². The number of carbonyl (C=O) groups is 1. The van der Waals surface area contributed by atoms with Gasteiger partial charge in [0.2, 0.25) is 5.52 Å². The molecule has 3 aromatic carbocycles. The minimum absolute atomic E-state index is 0.299. The third-order valence-corrected chi connectivity index (χ3v) is 5.35. The molecule has 0 spiro atoms. The normalized spacial score (nSPS) is 11.5. The minimum Gasteiger partial charge on any atom is -0.458 e. The number of hydrogen-bond acceptors (Lipinski definition) is 2. The quantitative estimate of drug-likeness (QED) is 0.182. The van der Waals surface area contributed by atoms with Crippen molar-refractivity contribution in [3.8, 4) is 0 Å². The van der Waals surface area contributed by atoms with Crippen LogP contribution in [0.4, 0.5) is 0 Å². The lowest BCUT2D eigenvalue weighted by molar-refractivity contribution is -0.514. The van der Waals surface area contributed by atoms with Gasteiger partial charge in [0.15, 0.2) is 6.20 Å². The lowest BCUT2D eigenvalue weighted by Crippen LogP contribution is -2.32. The van der Waals surface area contributed by atoms with Gasteiger partial charge in [0, 0.05) is 23.6 Å². The predicted molar refractivity (Wildman–Crippen MR) is 113 cm³/mol. The summed E-state index contributed by atoms with van der Waals surface area (Å²) in [7, 11) is 0. The second-order valence-electron chi connectivity index (χ2n) is 7.09. The van der Waals surface area contributed by atoms with Crippen molar-refractivity contribution in [2.75, 3.05) is 6.61 Å². The number of hydrogen-bond donors (Lipinski definition) is 0. The van der Waals surface area contributed by atoms with Crippen LogP contribution in [0.2, 0.25) is 0 Å². The Kier molecular flexibility index (Phi) is 3.76. The smallest absolute Gasteiger partial charge is 0.404 e. The Hall–Kier alpha value is -3.46. The summed E-state index contributed by atoms with van der Waals surface area (Å²) < 4.78 is 7.43. The monoisotopic (exact) mass is 366 g/mol. The molecule has 3 nitrogen and oxygen atoms in total. The van der Waals surface area contributed by atoms with Crippen LogP contribution in [0.25, 0.3) is 37.8 Å². The van der Waals surface area contributed by atoms with E-state index >= 15 is 0 Å². The molecule has 3 heteroatoms. The van der Waals surface area contributed by atoms with Gasteiger partial charge in [0.1, 0.15) is 0 Å². The van der Waals surface area contributed by atoms with Crippen LogP contribution in [0.3, 0.4) is 0 Å². The molecule has 0 saturated heterocycles. The summed E-state index contributed by atoms with van der Waals surface area (Å²) in [5, 5.41) is 6.55. The Morgan fingerprint density at radius 3 is 2.14 bits per heavy atom. The van der Waals surface area contributed by atoms with Gasteiger partial charge in [-0.2, -0.15) is 4.40 Å². The third-order valence-electron chi connectivity index (χ3n) is 5.35. The van der Waals surface area contributed by atoms with E-state index in [1.54, 1.807) is 0 Å². The molecule has 0 amide bonds. The highest BCUT2D eigenvalue weighted by molar-refractivity contribution is 6.28. The molecule has 0 aliphatic carbocycles. The van der Waals surface area contributed by atoms with Crippen LogP contribution in [0.15, 0.2) is 72.9 Å². The Labute approximate surface area is 162 Å². The minimum atomic E-state index is -0.299. The van der Waals surface area contributed by atoms with Gasteiger partial charge in [-0.25, -0.2) is 4.79 Å². The molecule has 2 heterocycles. The SMILES string of the molecule is CCOC(=O)c1c2c3ccccc3c3ccccc3c2cc2cc(C)cc[n+]12. The summed E-state index contributed by atoms with van der Waals surface area (Å²) in [5.41, 5.74) is 2.71. The van der Waals surface area contributed by atoms with E-state index in [9.17, 15) is 4.79 Å². The molecule has 2 aromatic heterocycles. The lowest BCUT2D eigenvalue weighted by Gasteiger charge is -2.12. The maximum absolute atomic E-state index is 13.1. The molecule has 28 heavy (non-hydrogen) atoms. The lowest BCUT2D eigenvalue weighted by atomic mass is 9.93. The van der Waals surface area contributed by atoms with Gasteiger partial charge in [-0.15, -0.1) is 0 Å². The van der Waals surface area contributed by atoms with Crippen LogP contribution in [-0.4, -0.2) is 12.6 Å². The van der Waals surface area contributed by atoms with Gasteiger partial charge in [-0.1, -0.05) is 48.5 Å². The van der Waals surface area contributed by atoms with Crippen molar-refractivity contribution in [3.63, 3.8) is 0 Å². The first kappa shape index (κ1) is 16.7. The summed E-state index contributed by atoms with van der Waals surface area (Å²) >= 11 is 0. The van der Waals surface area contributed by atoms with E-state index in [1.807, 2.05) is 41.8 Å². The van der Waals surface area contributed by atoms with Crippen molar-refractivity contribution in [3.05, 3.63) is 84.2 Å². The first-order valence-electron chi connectivity index (χ1n) is 9.54. The maximum atomic E-state index is 13.1. The molecule has 0 bridgehead atoms. The first-order chi connectivity index (χ1) is 13.7. The number of ether oxygens (including phenoxy) is 1. The van der Waals surface area contributed by atoms with Crippen molar-refractivity contribution < 1.29 is 13.9 Å². The number of esters is 1. The molecule has 5 rings (SSSR count). The van der Waals surface area contributed by atoms with Crippen LogP contribution in [0, 0.1) is 6.92 Å². The zero-order chi connectivity index (χ0) is 19.3. The van der Waals surface area contributed by atoms with Gasteiger partial charge >= 0.3 is 11.7 Å². The van der Waals surface area contributed by atoms with Gasteiger partial charge in [-0.05, 0) is 41.0 Å². The van der Waals surface area contributed by atoms with Crippen LogP contribution >= 0.6 is 0 Å². The number of rotatable bonds is 2. The Bertz CT molecular complexity index is 1400. The maximum Gasteiger partial charge on any atom is 0.404 e. The van der Waals surface area contributed by atoms with Crippen molar-refractivity contribution in [2.45, 2.75) is 13.8 Å². The molecule has 0 saturated carbocycles. The summed E-state index contributed by atoms with van der Waals surface area (Å²) in [6, 6.07) is 23.0. The van der Waals surface area contributed by atoms with Crippen LogP contribution in [-0.2, 0) is 4.74 Å². The second-order valence-corrected chi connectivity index (χ2v) is 7.09. The highest BCUT2D eigenvalue weighted by Crippen LogP contribution is 2.36. The molecule has 0 aliphatic rings. The number of aryl methyl sites for hydroxylation is 1. The van der Waals surface area contributed by atoms with Crippen LogP contribution in [0.1, 0.15) is 23.0 Å². The number of pyridine rings is 2. The average molecular weight is 366 g/mol. The van der Waals surface area contributed by atoms with E-state index in [-0.39, 0.29) is 5.97 Å². The van der Waals surface area contributed by atoms with E-state index < -0.39 is 0 Å². The molecular formula is C25H20NO2+. The zero-order valence-corrected chi connectivity index (χ0v) is 15.9. The summed E-state index contributed by atoms with van der Waals surface area (Å²) in [4.78, 5) is 13.1. The van der Waals surface area contributed by atoms with E-state index in [1.165, 1.54) is 5.39 Å². The molecule has 0 unspecified atom stereocenters. The van der Waals surface area contributed by atoms with Gasteiger partial charge in [0.05, 0.1) is 12.0 Å². The zero-order valence-electron chi connectivity index (χ0n) is 15.9. The highest BCUT2D eigenvalue weighted by atomic mass is 16.5. The number of benzene rings is 3. The van der Waals surface area contributed by atoms with Gasteiger partial charge in [0.25, 0.3) is 0 Å². The van der Waals surface area contributed by atoms with E-state index in [0.717, 1.165) is 38.0 Å². The fourth-order valence-electron chi connectivity index (χ4n) is 4.19. The fourth-order valence-corrected chi connectivity index (χ4v) is 4.19. The van der Waals surface area contributed by atoms with Gasteiger partial charge in [-0.3, -0.25) is 0 Å². The largest absolute Gasteiger partial charge is 0.458 e. The Balaban J connectivity index is 2.13. The molecule has 5 aromatic rings. The van der Waals surface area contributed by atoms with Crippen molar-refractivity contribution in [2.24, 2.45) is 0 Å².